The molecule has 6 aromatic rings. The van der Waals surface area contributed by atoms with Gasteiger partial charge in [-0.3, -0.25) is 0 Å². The van der Waals surface area contributed by atoms with E-state index in [1.165, 1.54) is 0 Å². The summed E-state index contributed by atoms with van der Waals surface area (Å²) < 4.78 is 48.2. The Labute approximate surface area is 265 Å². The van der Waals surface area contributed by atoms with Crippen molar-refractivity contribution >= 4 is 38.2 Å². The van der Waals surface area contributed by atoms with E-state index in [0.717, 1.165) is 27.4 Å². The summed E-state index contributed by atoms with van der Waals surface area (Å²) in [5.74, 6) is 3.20. The van der Waals surface area contributed by atoms with Crippen LogP contribution in [0.5, 0.6) is 34.5 Å². The molecule has 3 aromatic carbocycles. The Kier molecular flexibility index (Phi) is 8.31. The molecule has 0 saturated heterocycles. The molecule has 6 rings (SSSR count). The maximum absolute atomic E-state index is 13.9. The summed E-state index contributed by atoms with van der Waals surface area (Å²) in [6.07, 6.45) is 1.70. The number of fused-ring (bicyclic) bond motifs is 7. The van der Waals surface area contributed by atoms with Crippen LogP contribution in [0, 0.1) is 0 Å². The second kappa shape index (κ2) is 12.4. The molecule has 0 atom stereocenters. The summed E-state index contributed by atoms with van der Waals surface area (Å²) >= 11 is 0. The molecule has 0 N–H and O–H groups in total. The third kappa shape index (κ3) is 5.28. The smallest absolute Gasteiger partial charge is 0.361 e. The first kappa shape index (κ1) is 30.9. The molecule has 0 spiro atoms. The highest BCUT2D eigenvalue weighted by atomic mass is 16.7. The number of pyridine rings is 1. The Morgan fingerprint density at radius 1 is 0.696 bits per heavy atom. The average molecular weight is 628 g/mol. The second-order valence-corrected chi connectivity index (χ2v) is 11.4. The van der Waals surface area contributed by atoms with E-state index in [1.54, 1.807) is 34.5 Å². The Morgan fingerprint density at radius 2 is 1.35 bits per heavy atom. The lowest BCUT2D eigenvalue weighted by atomic mass is 9.97. The molecule has 0 saturated carbocycles. The van der Waals surface area contributed by atoms with Gasteiger partial charge in [-0.25, -0.2) is 4.79 Å². The first-order valence-electron chi connectivity index (χ1n) is 15.0. The third-order valence-electron chi connectivity index (χ3n) is 7.64. The van der Waals surface area contributed by atoms with Crippen molar-refractivity contribution in [3.05, 3.63) is 65.1 Å². The van der Waals surface area contributed by atoms with Gasteiger partial charge in [0.25, 0.3) is 0 Å². The molecular weight excluding hydrogens is 590 g/mol. The van der Waals surface area contributed by atoms with E-state index in [2.05, 4.69) is 0 Å². The maximum Gasteiger partial charge on any atom is 0.361 e. The third-order valence-corrected chi connectivity index (χ3v) is 7.64. The molecule has 0 radical (unpaired) electrons. The molecule has 10 nitrogen and oxygen atoms in total. The highest BCUT2D eigenvalue weighted by molar-refractivity contribution is 6.22. The van der Waals surface area contributed by atoms with Crippen molar-refractivity contribution in [1.82, 2.24) is 4.40 Å². The molecule has 46 heavy (non-hydrogen) atoms. The zero-order valence-electron chi connectivity index (χ0n) is 27.2. The fraction of sp³-hybridized carbons (Fsp3) is 0.306. The number of hydrogen-bond acceptors (Lipinski definition) is 9. The van der Waals surface area contributed by atoms with E-state index in [9.17, 15) is 4.79 Å². The highest BCUT2D eigenvalue weighted by Gasteiger charge is 2.25. The van der Waals surface area contributed by atoms with Gasteiger partial charge in [-0.15, -0.1) is 0 Å². The van der Waals surface area contributed by atoms with Crippen LogP contribution in [0.2, 0.25) is 0 Å². The van der Waals surface area contributed by atoms with Crippen LogP contribution in [0.1, 0.15) is 27.7 Å². The van der Waals surface area contributed by atoms with Gasteiger partial charge in [-0.1, -0.05) is 6.07 Å². The van der Waals surface area contributed by atoms with Crippen LogP contribution in [0.25, 0.3) is 49.3 Å². The predicted molar refractivity (Wildman–Crippen MR) is 178 cm³/mol. The molecule has 0 aliphatic carbocycles. The number of aromatic nitrogens is 1. The molecule has 0 unspecified atom stereocenters. The minimum absolute atomic E-state index is 0.0260. The lowest BCUT2D eigenvalue weighted by molar-refractivity contribution is 0.0492. The zero-order valence-corrected chi connectivity index (χ0v) is 27.2. The number of methoxy groups -OCH3 is 4. The van der Waals surface area contributed by atoms with Crippen LogP contribution in [-0.2, 0) is 4.74 Å². The van der Waals surface area contributed by atoms with Crippen LogP contribution < -0.4 is 34.0 Å². The van der Waals surface area contributed by atoms with Crippen molar-refractivity contribution in [3.8, 4) is 45.6 Å². The van der Waals surface area contributed by atoms with Gasteiger partial charge in [0.2, 0.25) is 0 Å². The van der Waals surface area contributed by atoms with Crippen LogP contribution in [0.3, 0.4) is 0 Å². The lowest BCUT2D eigenvalue weighted by Gasteiger charge is -2.16. The van der Waals surface area contributed by atoms with E-state index in [1.807, 2.05) is 80.8 Å². The van der Waals surface area contributed by atoms with Crippen LogP contribution in [0.15, 0.2) is 63.9 Å². The van der Waals surface area contributed by atoms with Crippen molar-refractivity contribution < 1.29 is 37.6 Å². The van der Waals surface area contributed by atoms with E-state index < -0.39 is 5.63 Å². The van der Waals surface area contributed by atoms with E-state index in [4.69, 9.17) is 37.6 Å². The van der Waals surface area contributed by atoms with Gasteiger partial charge in [-0.05, 0) is 75.0 Å². The Bertz CT molecular complexity index is 2140. The van der Waals surface area contributed by atoms with E-state index >= 15 is 0 Å². The van der Waals surface area contributed by atoms with Crippen molar-refractivity contribution in [1.29, 1.82) is 0 Å². The van der Waals surface area contributed by atoms with Crippen molar-refractivity contribution in [2.75, 3.05) is 35.2 Å². The standard InChI is InChI=1S/C36H37NO9/c1-19(2)44-30-13-21-11-12-37-34(23(21)15-27(30)41-7)32(22-9-10-25(40-6)29(14-22)43-18-39-5)33-24-16-28(42-8)31(45-20(3)4)17-26(24)46-36(38)35(33)37/h9-17,19-20H,18H2,1-8H3. The number of ether oxygens (including phenoxy) is 7. The topological polar surface area (TPSA) is 99.2 Å². The summed E-state index contributed by atoms with van der Waals surface area (Å²) in [7, 11) is 6.33. The summed E-state index contributed by atoms with van der Waals surface area (Å²) in [6, 6.07) is 15.1. The van der Waals surface area contributed by atoms with Gasteiger partial charge in [0.15, 0.2) is 41.3 Å². The van der Waals surface area contributed by atoms with Crippen molar-refractivity contribution in [2.24, 2.45) is 0 Å². The Balaban J connectivity index is 1.81. The average Bonchev–Trinajstić information content (AvgIpc) is 3.39. The summed E-state index contributed by atoms with van der Waals surface area (Å²) in [5.41, 5.74) is 2.57. The molecule has 0 aliphatic rings. The molecule has 0 amide bonds. The number of benzene rings is 3. The predicted octanol–water partition coefficient (Wildman–Crippen LogP) is 7.60. The quantitative estimate of drug-likeness (QED) is 0.106. The van der Waals surface area contributed by atoms with Crippen molar-refractivity contribution in [3.63, 3.8) is 0 Å². The first-order valence-corrected chi connectivity index (χ1v) is 15.0. The SMILES string of the molecule is COCOc1cc(-c2c3c4cc(OC)c(OC(C)C)cc4oc(=O)c3n3ccc4cc(OC(C)C)c(OC)cc4c23)ccc1OC. The molecule has 3 aromatic heterocycles. The van der Waals surface area contributed by atoms with Gasteiger partial charge in [0.05, 0.1) is 39.1 Å². The number of nitrogens with zero attached hydrogens (tertiary/aromatic N) is 1. The van der Waals surface area contributed by atoms with E-state index in [-0.39, 0.29) is 19.0 Å². The summed E-state index contributed by atoms with van der Waals surface area (Å²) in [6.45, 7) is 7.80. The second-order valence-electron chi connectivity index (χ2n) is 11.4. The molecule has 3 heterocycles. The highest BCUT2D eigenvalue weighted by Crippen LogP contribution is 2.46. The zero-order chi connectivity index (χ0) is 32.7. The summed E-state index contributed by atoms with van der Waals surface area (Å²) in [5, 5.41) is 3.10. The van der Waals surface area contributed by atoms with Gasteiger partial charge >= 0.3 is 5.63 Å². The molecule has 10 heteroatoms. The fourth-order valence-corrected chi connectivity index (χ4v) is 5.87. The Morgan fingerprint density at radius 3 is 1.98 bits per heavy atom. The number of hydrogen-bond donors (Lipinski definition) is 0. The lowest BCUT2D eigenvalue weighted by Crippen LogP contribution is -2.07. The van der Waals surface area contributed by atoms with E-state index in [0.29, 0.717) is 56.4 Å². The molecule has 0 bridgehead atoms. The molecular formula is C36H37NO9. The van der Waals surface area contributed by atoms with Crippen LogP contribution in [0.4, 0.5) is 0 Å². The number of rotatable bonds is 11. The monoisotopic (exact) mass is 627 g/mol. The fourth-order valence-electron chi connectivity index (χ4n) is 5.87. The minimum Gasteiger partial charge on any atom is -0.493 e. The first-order chi connectivity index (χ1) is 22.2. The maximum atomic E-state index is 13.9. The van der Waals surface area contributed by atoms with Gasteiger partial charge in [0.1, 0.15) is 11.1 Å². The van der Waals surface area contributed by atoms with Crippen LogP contribution in [-0.4, -0.2) is 51.8 Å². The molecule has 0 fully saturated rings. The summed E-state index contributed by atoms with van der Waals surface area (Å²) in [4.78, 5) is 13.9. The molecule has 0 aliphatic heterocycles. The van der Waals surface area contributed by atoms with Crippen molar-refractivity contribution in [2.45, 2.75) is 39.9 Å². The minimum atomic E-state index is -0.500. The molecule has 240 valence electrons. The van der Waals surface area contributed by atoms with Gasteiger partial charge < -0.3 is 42.0 Å². The largest absolute Gasteiger partial charge is 0.493 e. The normalized spacial score (nSPS) is 11.7. The van der Waals surface area contributed by atoms with Gasteiger partial charge in [-0.2, -0.15) is 0 Å². The van der Waals surface area contributed by atoms with Crippen LogP contribution >= 0.6 is 0 Å². The Hall–Kier alpha value is -5.09. The van der Waals surface area contributed by atoms with Gasteiger partial charge in [0, 0.05) is 41.1 Å².